The molecule has 48 heteroatoms. The maximum atomic E-state index is 13.4. The van der Waals surface area contributed by atoms with Gasteiger partial charge in [-0.3, -0.25) is 0 Å². The van der Waals surface area contributed by atoms with Gasteiger partial charge in [0.1, 0.15) is 32.0 Å². The number of methoxy groups -OCH3 is 1. The Bertz CT molecular complexity index is 7240. The fraction of sp³-hybridized carbons (Fsp3) is 0.490. The number of aliphatic hydroxyl groups excluding tert-OH is 1. The minimum atomic E-state index is -4.22. The number of aliphatic hydroxyl groups is 1. The zero-order valence-corrected chi connectivity index (χ0v) is 84.8. The first-order valence-corrected chi connectivity index (χ1v) is 57.5. The molecule has 146 heavy (non-hydrogen) atoms. The maximum Gasteiger partial charge on any atom is 0.333 e. The van der Waals surface area contributed by atoms with Gasteiger partial charge >= 0.3 is 30.2 Å². The Morgan fingerprint density at radius 2 is 0.596 bits per heavy atom. The van der Waals surface area contributed by atoms with Gasteiger partial charge < -0.3 is 60.1 Å². The van der Waals surface area contributed by atoms with Gasteiger partial charge in [0, 0.05) is 48.5 Å². The summed E-state index contributed by atoms with van der Waals surface area (Å²) in [6, 6.07) is 7.44. The lowest BCUT2D eigenvalue weighted by Crippen LogP contribution is -2.36. The summed E-state index contributed by atoms with van der Waals surface area (Å²) in [7, 11) is -19.2. The predicted molar refractivity (Wildman–Crippen MR) is 528 cm³/mol. The summed E-state index contributed by atoms with van der Waals surface area (Å²) in [5.41, 5.74) is 27.9. The molecule has 11 N–H and O–H groups in total. The number of aromatic nitrogens is 10. The number of carbonyl (C=O) groups excluding carboxylic acids is 5. The summed E-state index contributed by atoms with van der Waals surface area (Å²) < 4.78 is 191. The molecule has 25 rings (SSSR count). The molecule has 42 nitrogen and oxygen atoms in total. The van der Waals surface area contributed by atoms with Crippen molar-refractivity contribution in [2.75, 3.05) is 66.7 Å². The number of nitrogens with zero attached hydrogens (tertiary/aromatic N) is 10. The quantitative estimate of drug-likeness (QED) is 0.0428. The van der Waals surface area contributed by atoms with E-state index in [9.17, 15) is 75.6 Å². The number of carbonyl (C=O) groups is 5. The first-order valence-electron chi connectivity index (χ1n) is 50.1. The van der Waals surface area contributed by atoms with Crippen molar-refractivity contribution in [3.63, 3.8) is 0 Å². The third kappa shape index (κ3) is 19.9. The predicted octanol–water partition coefficient (Wildman–Crippen LogP) is 10.3. The van der Waals surface area contributed by atoms with Crippen LogP contribution in [0.15, 0.2) is 85.8 Å². The van der Waals surface area contributed by atoms with Crippen LogP contribution >= 0.6 is 0 Å². The topological polar surface area (TPSA) is 541 Å². The van der Waals surface area contributed by atoms with Crippen LogP contribution in [-0.2, 0) is 209 Å². The zero-order valence-electron chi connectivity index (χ0n) is 80.7. The van der Waals surface area contributed by atoms with Crippen molar-refractivity contribution in [3.05, 3.63) is 173 Å². The van der Waals surface area contributed by atoms with Gasteiger partial charge in [-0.15, -0.1) is 0 Å². The largest absolute Gasteiger partial charge is 0.477 e. The Morgan fingerprint density at radius 1 is 0.329 bits per heavy atom. The normalized spacial score (nSPS) is 19.3. The maximum absolute atomic E-state index is 13.4. The second-order valence-electron chi connectivity index (χ2n) is 39.3. The van der Waals surface area contributed by atoms with Gasteiger partial charge in [0.05, 0.1) is 69.9 Å². The molecule has 10 aromatic rings. The third-order valence-corrected chi connectivity index (χ3v) is 36.3. The molecule has 0 radical (unpaired) electrons. The highest BCUT2D eigenvalue weighted by molar-refractivity contribution is 7.91. The molecule has 5 aromatic carbocycles. The van der Waals surface area contributed by atoms with Crippen LogP contribution in [0.3, 0.4) is 0 Å². The number of ether oxygens (including phenoxy) is 6. The van der Waals surface area contributed by atoms with Crippen LogP contribution in [0.5, 0.6) is 29.4 Å². The highest BCUT2D eigenvalue weighted by Crippen LogP contribution is 2.47. The molecule has 4 unspecified atom stereocenters. The number of fused-ring (bicyclic) bond motifs is 15. The molecule has 0 spiro atoms. The van der Waals surface area contributed by atoms with Crippen molar-refractivity contribution >= 4 is 109 Å². The van der Waals surface area contributed by atoms with Gasteiger partial charge in [0.15, 0.2) is 30.6 Å². The summed E-state index contributed by atoms with van der Waals surface area (Å²) in [4.78, 5) is 62.5. The third-order valence-electron chi connectivity index (χ3n) is 29.8. The molecule has 5 aromatic heterocycles. The number of hydrogen-bond donors (Lipinski definition) is 11. The smallest absolute Gasteiger partial charge is 0.333 e. The number of amides is 10. The van der Waals surface area contributed by atoms with Crippen molar-refractivity contribution in [1.29, 1.82) is 0 Å². The summed E-state index contributed by atoms with van der Waals surface area (Å²) >= 11 is 0. The summed E-state index contributed by atoms with van der Waals surface area (Å²) in [5.74, 6) is 0.470. The molecular weight excluding hydrogens is 1990 g/mol. The number of sulfonamides is 5. The van der Waals surface area contributed by atoms with Crippen LogP contribution in [0.1, 0.15) is 208 Å². The highest BCUT2D eigenvalue weighted by atomic mass is 32.2. The average molecular weight is 2100 g/mol. The van der Waals surface area contributed by atoms with Gasteiger partial charge in [0.2, 0.25) is 29.4 Å². The SMILES string of the molecule is CC1CCOc2c(S(=O)(=O)NC(=O)Nc3c4c(cc5c3CCC5)CCC4)cnn21.COC1COc2c(S(=O)(=O)NC(=O)Nc3c4c(cc5c3CCC5)CCC4)cnn2C1.O=C(Nc1c2c(cc3c1CCC3)CCC2)NS(=O)(=O)c1cnn2c1OCC(F)C2.O=C(Nc1c2c(cc3c1CCC3)CCC2)NS(=O)(=O)c1cnn2c1OCC(O)C2.O=C(Nc1c2c(cc3c1CCC3)CCC2)NS(=O)(=O)c1cnn2c1OCCCC2. The van der Waals surface area contributed by atoms with Crippen LogP contribution in [0.25, 0.3) is 0 Å². The van der Waals surface area contributed by atoms with E-state index in [1.165, 1.54) is 88.3 Å². The van der Waals surface area contributed by atoms with Crippen LogP contribution in [0, 0.1) is 0 Å². The minimum absolute atomic E-state index is 0.0251. The zero-order chi connectivity index (χ0) is 101. The lowest BCUT2D eigenvalue weighted by Gasteiger charge is -2.23. The molecule has 5 aliphatic heterocycles. The van der Waals surface area contributed by atoms with Crippen LogP contribution in [0.4, 0.5) is 56.8 Å². The lowest BCUT2D eigenvalue weighted by atomic mass is 9.99. The van der Waals surface area contributed by atoms with Crippen LogP contribution < -0.4 is 73.9 Å². The molecule has 0 saturated carbocycles. The molecule has 10 heterocycles. The number of alkyl halides is 1. The van der Waals surface area contributed by atoms with Crippen molar-refractivity contribution in [2.45, 2.75) is 294 Å². The Labute approximate surface area is 842 Å². The second kappa shape index (κ2) is 40.4. The van der Waals surface area contributed by atoms with Crippen LogP contribution in [-0.4, -0.2) is 185 Å². The van der Waals surface area contributed by atoms with Gasteiger partial charge in [-0.2, -0.15) is 25.5 Å². The number of nitrogens with one attached hydrogen (secondary N) is 10. The van der Waals surface area contributed by atoms with E-state index in [-0.39, 0.29) is 98.9 Å². The number of hydrogen-bond acceptors (Lipinski definition) is 27. The Balaban J connectivity index is 0.000000107. The summed E-state index contributed by atoms with van der Waals surface area (Å²) in [5, 5.41) is 43.9. The van der Waals surface area contributed by atoms with E-state index in [4.69, 9.17) is 28.4 Å². The van der Waals surface area contributed by atoms with Gasteiger partial charge in [-0.1, -0.05) is 30.3 Å². The number of benzene rings is 5. The van der Waals surface area contributed by atoms with E-state index < -0.39 is 92.5 Å². The molecule has 10 aliphatic carbocycles. The fourth-order valence-corrected chi connectivity index (χ4v) is 28.0. The molecule has 0 saturated heterocycles. The molecular formula is C98H115FN20O22S5. The number of halogens is 1. The lowest BCUT2D eigenvalue weighted by molar-refractivity contribution is 0.0165. The van der Waals surface area contributed by atoms with Crippen LogP contribution in [0.2, 0.25) is 0 Å². The van der Waals surface area contributed by atoms with E-state index in [1.807, 2.05) is 11.6 Å². The Kier molecular flexibility index (Phi) is 27.4. The number of urea groups is 5. The first-order chi connectivity index (χ1) is 70.3. The van der Waals surface area contributed by atoms with E-state index in [0.29, 0.717) is 26.3 Å². The number of aryl methyl sites for hydroxylation is 11. The Hall–Kier alpha value is -12.9. The highest BCUT2D eigenvalue weighted by Gasteiger charge is 2.41. The molecule has 10 amide bonds. The molecule has 15 aliphatic rings. The van der Waals surface area contributed by atoms with Gasteiger partial charge in [-0.05, 0) is 324 Å². The van der Waals surface area contributed by atoms with Gasteiger partial charge in [-0.25, -0.2) is 117 Å². The van der Waals surface area contributed by atoms with Crippen molar-refractivity contribution in [3.8, 4) is 29.4 Å². The van der Waals surface area contributed by atoms with E-state index >= 15 is 0 Å². The van der Waals surface area contributed by atoms with E-state index in [0.717, 1.165) is 313 Å². The van der Waals surface area contributed by atoms with Gasteiger partial charge in [0.25, 0.3) is 50.1 Å². The molecule has 776 valence electrons. The second-order valence-corrected chi connectivity index (χ2v) is 47.6. The van der Waals surface area contributed by atoms with Crippen molar-refractivity contribution in [2.24, 2.45) is 0 Å². The van der Waals surface area contributed by atoms with Crippen molar-refractivity contribution < 1.29 is 104 Å². The molecule has 4 atom stereocenters. The Morgan fingerprint density at radius 3 is 0.918 bits per heavy atom. The molecule has 0 bridgehead atoms. The minimum Gasteiger partial charge on any atom is -0.477 e. The number of anilines is 5. The standard InChI is InChI=1S/C20H24N4O5S.2C20H24N4O4S.C19H21FN4O4S.C19H22N4O5S/c1-28-14-10-24-19(29-11-14)17(9-21-24)30(26,27)23-20(25)22-18-15-6-2-4-12(15)8-13-5-3-7-16(13)18;1-12-8-9-28-19-17(11-21-24(12)19)29(26,27)23-20(25)22-18-15-6-2-4-13(15)10-14-5-3-7-16(14)18;25-20(22-18-15-7-3-5-13(15)11-14-6-4-8-16(14)18)23-29(26,27)17-12-21-24-9-1-2-10-28-19(17)24;20-13-9-24-18(28-10-13)16(8-21-24)29(26,27)23-19(25)22-17-14-5-1-3-11(14)7-12-4-2-6-15(12)17;24-13-9-23-18(28-10-13)16(8-20-23)29(26,27)22-19(25)21-17-14-5-1-3-11(14)7-12-4-2-6-15(12)17/h8-9,14H,2-7,10-11H2,1H3,(H2,22,23,25);10-12H,2-9H2,1H3,(H2,22,23,25);11-12H,1-10H2,(H2,22,23,25);7-8,13H,1-6,9-10H2,(H2,22,23,25);7-8,13,24H,1-6,9-10H2,(H2,21,22,25). The summed E-state index contributed by atoms with van der Waals surface area (Å²) in [6.45, 7) is 3.79. The summed E-state index contributed by atoms with van der Waals surface area (Å²) in [6.07, 6.45) is 35.6. The monoisotopic (exact) mass is 2100 g/mol. The number of rotatable bonds is 16. The average Bonchev–Trinajstić information content (AvgIpc) is 1.62. The van der Waals surface area contributed by atoms with E-state index in [2.05, 4.69) is 101 Å². The molecule has 0 fully saturated rings. The van der Waals surface area contributed by atoms with Crippen molar-refractivity contribution in [1.82, 2.24) is 72.5 Å². The fourth-order valence-electron chi connectivity index (χ4n) is 23.1. The first kappa shape index (κ1) is 99.1. The van der Waals surface area contributed by atoms with E-state index in [1.54, 1.807) is 11.8 Å².